The van der Waals surface area contributed by atoms with Gasteiger partial charge >= 0.3 is 6.18 Å². The molecule has 9 heteroatoms. The molecule has 152 valence electrons. The molecule has 1 saturated carbocycles. The van der Waals surface area contributed by atoms with Crippen molar-refractivity contribution >= 4 is 5.91 Å². The molecule has 1 aliphatic carbocycles. The predicted molar refractivity (Wildman–Crippen MR) is 99.8 cm³/mol. The van der Waals surface area contributed by atoms with Gasteiger partial charge in [0.2, 0.25) is 5.91 Å². The second kappa shape index (κ2) is 7.63. The number of nitrogens with one attached hydrogen (secondary N) is 2. The summed E-state index contributed by atoms with van der Waals surface area (Å²) in [6, 6.07) is 13.0. The van der Waals surface area contributed by atoms with E-state index in [2.05, 4.69) is 20.5 Å². The molecule has 1 aromatic heterocycles. The maximum Gasteiger partial charge on any atom is 0.416 e. The number of amides is 1. The summed E-state index contributed by atoms with van der Waals surface area (Å²) in [5, 5.41) is 18.1. The molecule has 0 radical (unpaired) electrons. The molecule has 1 aliphatic rings. The van der Waals surface area contributed by atoms with Crippen molar-refractivity contribution in [2.45, 2.75) is 24.6 Å². The van der Waals surface area contributed by atoms with Crippen LogP contribution >= 0.6 is 0 Å². The molecule has 30 heavy (non-hydrogen) atoms. The number of carbonyl (C=O) groups is 1. The van der Waals surface area contributed by atoms with E-state index in [0.29, 0.717) is 12.0 Å². The average molecular weight is 411 g/mol. The summed E-state index contributed by atoms with van der Waals surface area (Å²) in [5.41, 5.74) is 0.936. The summed E-state index contributed by atoms with van der Waals surface area (Å²) in [6.07, 6.45) is -2.63. The second-order valence-corrected chi connectivity index (χ2v) is 7.12. The largest absolute Gasteiger partial charge is 0.416 e. The van der Waals surface area contributed by atoms with Crippen LogP contribution in [-0.2, 0) is 11.0 Å². The van der Waals surface area contributed by atoms with Gasteiger partial charge in [-0.25, -0.2) is 4.98 Å². The molecule has 0 spiro atoms. The van der Waals surface area contributed by atoms with Crippen LogP contribution in [0, 0.1) is 17.2 Å². The standard InChI is InChI=1S/C21H16F3N5O/c22-21(23,24)15-3-1-2-14(8-15)18(19-26-11-27-29-19)28-20(30)17-9-16(17)13-6-4-12(10-25)5-7-13/h1-8,11,16-18H,9H2,(H,28,30)(H,26,27,29). The minimum absolute atomic E-state index is 0.00892. The van der Waals surface area contributed by atoms with Crippen molar-refractivity contribution in [3.8, 4) is 6.07 Å². The Hall–Kier alpha value is -3.67. The molecular weight excluding hydrogens is 395 g/mol. The highest BCUT2D eigenvalue weighted by Gasteiger charge is 2.44. The van der Waals surface area contributed by atoms with Gasteiger partial charge in [0.1, 0.15) is 12.4 Å². The first-order valence-electron chi connectivity index (χ1n) is 9.19. The topological polar surface area (TPSA) is 94.5 Å². The number of hydrogen-bond acceptors (Lipinski definition) is 4. The third-order valence-electron chi connectivity index (χ3n) is 5.14. The highest BCUT2D eigenvalue weighted by molar-refractivity contribution is 5.83. The Kier molecular flexibility index (Phi) is 4.99. The fourth-order valence-electron chi connectivity index (χ4n) is 3.47. The Morgan fingerprint density at radius 2 is 2.00 bits per heavy atom. The lowest BCUT2D eigenvalue weighted by Crippen LogP contribution is -2.31. The fourth-order valence-corrected chi connectivity index (χ4v) is 3.47. The number of alkyl halides is 3. The first kappa shape index (κ1) is 19.6. The van der Waals surface area contributed by atoms with Crippen LogP contribution in [0.1, 0.15) is 46.5 Å². The van der Waals surface area contributed by atoms with Crippen molar-refractivity contribution in [3.63, 3.8) is 0 Å². The van der Waals surface area contributed by atoms with Crippen LogP contribution < -0.4 is 5.32 Å². The SMILES string of the molecule is N#Cc1ccc(C2CC2C(=O)NC(c2cccc(C(F)(F)F)c2)c2ncn[nH]2)cc1. The van der Waals surface area contributed by atoms with Gasteiger partial charge in [-0.15, -0.1) is 0 Å². The van der Waals surface area contributed by atoms with Crippen molar-refractivity contribution in [1.29, 1.82) is 5.26 Å². The zero-order valence-corrected chi connectivity index (χ0v) is 15.5. The lowest BCUT2D eigenvalue weighted by Gasteiger charge is -2.18. The first-order chi connectivity index (χ1) is 14.4. The van der Waals surface area contributed by atoms with Gasteiger partial charge in [-0.05, 0) is 47.7 Å². The van der Waals surface area contributed by atoms with Crippen molar-refractivity contribution in [3.05, 3.63) is 82.9 Å². The molecular formula is C21H16F3N5O. The van der Waals surface area contributed by atoms with Gasteiger partial charge in [0.05, 0.1) is 17.2 Å². The lowest BCUT2D eigenvalue weighted by atomic mass is 10.0. The van der Waals surface area contributed by atoms with E-state index < -0.39 is 17.8 Å². The summed E-state index contributed by atoms with van der Waals surface area (Å²) < 4.78 is 39.4. The zero-order valence-electron chi connectivity index (χ0n) is 15.5. The lowest BCUT2D eigenvalue weighted by molar-refractivity contribution is -0.137. The van der Waals surface area contributed by atoms with Crippen LogP contribution in [0.5, 0.6) is 0 Å². The molecule has 3 aromatic rings. The van der Waals surface area contributed by atoms with Crippen molar-refractivity contribution in [1.82, 2.24) is 20.5 Å². The minimum atomic E-state index is -4.50. The van der Waals surface area contributed by atoms with E-state index in [4.69, 9.17) is 5.26 Å². The molecule has 0 aliphatic heterocycles. The molecule has 1 heterocycles. The number of hydrogen-bond donors (Lipinski definition) is 2. The molecule has 0 saturated heterocycles. The summed E-state index contributed by atoms with van der Waals surface area (Å²) in [5.74, 6) is -0.315. The van der Waals surface area contributed by atoms with Gasteiger partial charge in [-0.2, -0.15) is 23.5 Å². The molecule has 0 bridgehead atoms. The number of carbonyl (C=O) groups excluding carboxylic acids is 1. The Balaban J connectivity index is 1.54. The number of rotatable bonds is 5. The zero-order chi connectivity index (χ0) is 21.3. The Morgan fingerprint density at radius 3 is 2.63 bits per heavy atom. The molecule has 6 nitrogen and oxygen atoms in total. The van der Waals surface area contributed by atoms with Crippen LogP contribution in [-0.4, -0.2) is 21.1 Å². The predicted octanol–water partition coefficient (Wildman–Crippen LogP) is 3.70. The number of halogens is 3. The number of aromatic amines is 1. The van der Waals surface area contributed by atoms with E-state index in [1.807, 2.05) is 18.2 Å². The minimum Gasteiger partial charge on any atom is -0.342 e. The molecule has 1 fully saturated rings. The molecule has 4 rings (SSSR count). The van der Waals surface area contributed by atoms with E-state index in [-0.39, 0.29) is 29.1 Å². The third-order valence-corrected chi connectivity index (χ3v) is 5.14. The number of nitrogens with zero attached hydrogens (tertiary/aromatic N) is 3. The van der Waals surface area contributed by atoms with E-state index in [1.165, 1.54) is 18.5 Å². The van der Waals surface area contributed by atoms with Crippen LogP contribution in [0.2, 0.25) is 0 Å². The maximum absolute atomic E-state index is 13.1. The van der Waals surface area contributed by atoms with Crippen molar-refractivity contribution in [2.24, 2.45) is 5.92 Å². The van der Waals surface area contributed by atoms with Crippen LogP contribution in [0.15, 0.2) is 54.9 Å². The van der Waals surface area contributed by atoms with Gasteiger partial charge in [0.15, 0.2) is 5.82 Å². The number of nitriles is 1. The van der Waals surface area contributed by atoms with E-state index >= 15 is 0 Å². The summed E-state index contributed by atoms with van der Waals surface area (Å²) in [6.45, 7) is 0. The normalized spacial score (nSPS) is 19.0. The van der Waals surface area contributed by atoms with Gasteiger partial charge in [-0.3, -0.25) is 9.89 Å². The van der Waals surface area contributed by atoms with E-state index in [0.717, 1.165) is 17.7 Å². The highest BCUT2D eigenvalue weighted by Crippen LogP contribution is 2.48. The van der Waals surface area contributed by atoms with Crippen LogP contribution in [0.4, 0.5) is 13.2 Å². The monoisotopic (exact) mass is 411 g/mol. The molecule has 2 aromatic carbocycles. The second-order valence-electron chi connectivity index (χ2n) is 7.12. The Labute approximate surface area is 169 Å². The van der Waals surface area contributed by atoms with Gasteiger partial charge in [-0.1, -0.05) is 24.3 Å². The summed E-state index contributed by atoms with van der Waals surface area (Å²) in [4.78, 5) is 16.8. The van der Waals surface area contributed by atoms with E-state index in [9.17, 15) is 18.0 Å². The Morgan fingerprint density at radius 1 is 1.23 bits per heavy atom. The quantitative estimate of drug-likeness (QED) is 0.669. The molecule has 1 amide bonds. The third kappa shape index (κ3) is 4.03. The first-order valence-corrected chi connectivity index (χ1v) is 9.19. The maximum atomic E-state index is 13.1. The average Bonchev–Trinajstić information content (AvgIpc) is 3.37. The highest BCUT2D eigenvalue weighted by atomic mass is 19.4. The van der Waals surface area contributed by atoms with Crippen molar-refractivity contribution in [2.75, 3.05) is 0 Å². The summed E-state index contributed by atoms with van der Waals surface area (Å²) in [7, 11) is 0. The van der Waals surface area contributed by atoms with Crippen molar-refractivity contribution < 1.29 is 18.0 Å². The van der Waals surface area contributed by atoms with Gasteiger partial charge in [0, 0.05) is 5.92 Å². The number of aromatic nitrogens is 3. The van der Waals surface area contributed by atoms with Crippen LogP contribution in [0.25, 0.3) is 0 Å². The van der Waals surface area contributed by atoms with Crippen LogP contribution in [0.3, 0.4) is 0 Å². The molecule has 3 unspecified atom stereocenters. The summed E-state index contributed by atoms with van der Waals surface area (Å²) >= 11 is 0. The molecule has 3 atom stereocenters. The molecule has 2 N–H and O–H groups in total. The number of H-pyrrole nitrogens is 1. The fraction of sp³-hybridized carbons (Fsp3) is 0.238. The van der Waals surface area contributed by atoms with Gasteiger partial charge < -0.3 is 5.32 Å². The van der Waals surface area contributed by atoms with E-state index in [1.54, 1.807) is 12.1 Å². The Bertz CT molecular complexity index is 1090. The smallest absolute Gasteiger partial charge is 0.342 e. The van der Waals surface area contributed by atoms with Gasteiger partial charge in [0.25, 0.3) is 0 Å². The number of benzene rings is 2.